The van der Waals surface area contributed by atoms with Crippen molar-refractivity contribution in [3.63, 3.8) is 0 Å². The summed E-state index contributed by atoms with van der Waals surface area (Å²) in [6, 6.07) is 54.7. The van der Waals surface area contributed by atoms with Gasteiger partial charge >= 0.3 is 0 Å². The average Bonchev–Trinajstić information content (AvgIpc) is 3.76. The number of carbonyl (C=O) groups is 5. The standard InChI is InChI=1S/C39H30N2O6.C21H18O3/c1-23-6-5-7-26(20-23)41-37(44)32-19-17-30(22-34(32)38(41)45)47-28-14-10-25(11-15-28)39(2,3)24-8-12-27(13-9-24)46-29-16-18-31-33(21-29)36(43)40(4)35(31)42;1-15-3-5-16(6-4-15)21(22)17-7-9-19(10-8-17)24-20-13-11-18(23-2)12-14-20/h5-22H,1-4H3;3-14H,1-2H3. The number of aryl methyl sites for hydroxylation is 2. The van der Waals surface area contributed by atoms with Crippen molar-refractivity contribution < 1.29 is 42.9 Å². The van der Waals surface area contributed by atoms with Crippen molar-refractivity contribution in [3.8, 4) is 40.2 Å². The number of carbonyl (C=O) groups excluding carboxylic acids is 5. The van der Waals surface area contributed by atoms with Gasteiger partial charge in [0.1, 0.15) is 40.2 Å². The van der Waals surface area contributed by atoms with Crippen LogP contribution in [0.15, 0.2) is 182 Å². The molecule has 11 heteroatoms. The van der Waals surface area contributed by atoms with Crippen LogP contribution in [-0.4, -0.2) is 48.5 Å². The van der Waals surface area contributed by atoms with E-state index in [4.69, 9.17) is 18.9 Å². The lowest BCUT2D eigenvalue weighted by atomic mass is 9.78. The first-order chi connectivity index (χ1) is 34.2. The Balaban J connectivity index is 0.000000218. The van der Waals surface area contributed by atoms with Gasteiger partial charge in [-0.2, -0.15) is 0 Å². The molecular weight excluding hydrogens is 893 g/mol. The van der Waals surface area contributed by atoms with E-state index in [1.807, 2.05) is 129 Å². The maximum atomic E-state index is 13.2. The van der Waals surface area contributed by atoms with Gasteiger partial charge in [0.05, 0.1) is 35.1 Å². The highest BCUT2D eigenvalue weighted by molar-refractivity contribution is 6.34. The second kappa shape index (κ2) is 19.5. The number of nitrogens with zero attached hydrogens (tertiary/aromatic N) is 2. The number of ketones is 1. The minimum absolute atomic E-state index is 0.00555. The fourth-order valence-corrected chi connectivity index (χ4v) is 8.33. The molecule has 8 aromatic carbocycles. The number of ether oxygens (including phenoxy) is 4. The zero-order valence-corrected chi connectivity index (χ0v) is 39.9. The van der Waals surface area contributed by atoms with Crippen LogP contribution in [0.2, 0.25) is 0 Å². The second-order valence-corrected chi connectivity index (χ2v) is 17.7. The van der Waals surface area contributed by atoms with Crippen molar-refractivity contribution in [3.05, 3.63) is 238 Å². The van der Waals surface area contributed by atoms with Crippen LogP contribution in [0, 0.1) is 13.8 Å². The molecule has 2 heterocycles. The Morgan fingerprint density at radius 1 is 0.423 bits per heavy atom. The second-order valence-electron chi connectivity index (χ2n) is 17.7. The molecule has 352 valence electrons. The number of anilines is 1. The number of benzene rings is 8. The molecule has 71 heavy (non-hydrogen) atoms. The monoisotopic (exact) mass is 940 g/mol. The molecule has 0 unspecified atom stereocenters. The van der Waals surface area contributed by atoms with Gasteiger partial charge in [0.2, 0.25) is 0 Å². The molecule has 0 atom stereocenters. The van der Waals surface area contributed by atoms with Crippen LogP contribution in [0.3, 0.4) is 0 Å². The van der Waals surface area contributed by atoms with E-state index in [1.165, 1.54) is 11.9 Å². The van der Waals surface area contributed by atoms with E-state index in [1.54, 1.807) is 73.8 Å². The van der Waals surface area contributed by atoms with Crippen LogP contribution >= 0.6 is 0 Å². The Kier molecular flexibility index (Phi) is 12.9. The summed E-state index contributed by atoms with van der Waals surface area (Å²) in [7, 11) is 3.09. The summed E-state index contributed by atoms with van der Waals surface area (Å²) in [5.74, 6) is 2.95. The highest BCUT2D eigenvalue weighted by Crippen LogP contribution is 2.37. The number of hydrogen-bond acceptors (Lipinski definition) is 9. The summed E-state index contributed by atoms with van der Waals surface area (Å²) in [5.41, 5.74) is 7.12. The lowest BCUT2D eigenvalue weighted by Crippen LogP contribution is -2.29. The number of fused-ring (bicyclic) bond motifs is 2. The quantitative estimate of drug-likeness (QED) is 0.0868. The maximum absolute atomic E-state index is 13.2. The van der Waals surface area contributed by atoms with Crippen LogP contribution in [-0.2, 0) is 5.41 Å². The summed E-state index contributed by atoms with van der Waals surface area (Å²) < 4.78 is 23.0. The van der Waals surface area contributed by atoms with Crippen molar-refractivity contribution in [1.82, 2.24) is 4.90 Å². The zero-order chi connectivity index (χ0) is 50.0. The molecule has 0 fully saturated rings. The van der Waals surface area contributed by atoms with Gasteiger partial charge in [0, 0.05) is 23.6 Å². The molecule has 4 amide bonds. The van der Waals surface area contributed by atoms with Crippen LogP contribution in [0.5, 0.6) is 40.2 Å². The van der Waals surface area contributed by atoms with Crippen molar-refractivity contribution in [2.75, 3.05) is 19.1 Å². The molecular formula is C60H48N2O9. The van der Waals surface area contributed by atoms with Gasteiger partial charge in [-0.1, -0.05) is 80.1 Å². The highest BCUT2D eigenvalue weighted by atomic mass is 16.5. The summed E-state index contributed by atoms with van der Waals surface area (Å²) in [5, 5.41) is 0. The van der Waals surface area contributed by atoms with E-state index in [0.29, 0.717) is 73.6 Å². The Bertz CT molecular complexity index is 3340. The van der Waals surface area contributed by atoms with E-state index in [0.717, 1.165) is 32.9 Å². The predicted octanol–water partition coefficient (Wildman–Crippen LogP) is 13.0. The molecule has 0 saturated carbocycles. The number of rotatable bonds is 12. The third-order valence-electron chi connectivity index (χ3n) is 12.5. The smallest absolute Gasteiger partial charge is 0.266 e. The van der Waals surface area contributed by atoms with Gasteiger partial charge in [0.15, 0.2) is 5.78 Å². The molecule has 2 aliphatic heterocycles. The SMILES string of the molecule is COc1ccc(Oc2ccc(C(=O)c3ccc(C)cc3)cc2)cc1.Cc1cccc(N2C(=O)c3ccc(Oc4ccc(C(C)(C)c5ccc(Oc6ccc7c(c6)C(=O)N(C)C7=O)cc5)cc4)cc3C2=O)c1. The average molecular weight is 941 g/mol. The maximum Gasteiger partial charge on any atom is 0.266 e. The molecule has 2 aliphatic rings. The number of methoxy groups -OCH3 is 1. The molecule has 0 bridgehead atoms. The van der Waals surface area contributed by atoms with Gasteiger partial charge < -0.3 is 18.9 Å². The first-order valence-corrected chi connectivity index (χ1v) is 22.8. The van der Waals surface area contributed by atoms with Crippen molar-refractivity contribution in [2.45, 2.75) is 33.1 Å². The Morgan fingerprint density at radius 2 is 0.817 bits per heavy atom. The summed E-state index contributed by atoms with van der Waals surface area (Å²) in [6.45, 7) is 8.17. The fraction of sp³-hybridized carbons (Fsp3) is 0.117. The largest absolute Gasteiger partial charge is 0.497 e. The molecule has 0 saturated heterocycles. The molecule has 10 rings (SSSR count). The lowest BCUT2D eigenvalue weighted by molar-refractivity contribution is 0.0691. The minimum atomic E-state index is -0.374. The molecule has 11 nitrogen and oxygen atoms in total. The molecule has 0 spiro atoms. The Labute approximate surface area is 411 Å². The fourth-order valence-electron chi connectivity index (χ4n) is 8.33. The molecule has 0 aromatic heterocycles. The molecule has 0 radical (unpaired) electrons. The molecule has 0 N–H and O–H groups in total. The van der Waals surface area contributed by atoms with E-state index in [2.05, 4.69) is 13.8 Å². The third kappa shape index (κ3) is 9.79. The van der Waals surface area contributed by atoms with Crippen LogP contribution in [0.4, 0.5) is 5.69 Å². The third-order valence-corrected chi connectivity index (χ3v) is 12.5. The number of hydrogen-bond donors (Lipinski definition) is 0. The zero-order valence-electron chi connectivity index (χ0n) is 39.9. The lowest BCUT2D eigenvalue weighted by Gasteiger charge is -2.26. The first-order valence-electron chi connectivity index (χ1n) is 22.8. The van der Waals surface area contributed by atoms with Crippen molar-refractivity contribution in [2.24, 2.45) is 0 Å². The summed E-state index contributed by atoms with van der Waals surface area (Å²) in [6.07, 6.45) is 0. The van der Waals surface area contributed by atoms with Gasteiger partial charge in [-0.15, -0.1) is 0 Å². The number of imide groups is 2. The van der Waals surface area contributed by atoms with Gasteiger partial charge in [0.25, 0.3) is 23.6 Å². The van der Waals surface area contributed by atoms with E-state index >= 15 is 0 Å². The van der Waals surface area contributed by atoms with Crippen LogP contribution in [0.25, 0.3) is 0 Å². The van der Waals surface area contributed by atoms with Gasteiger partial charge in [-0.05, 0) is 152 Å². The Morgan fingerprint density at radius 3 is 1.32 bits per heavy atom. The summed E-state index contributed by atoms with van der Waals surface area (Å²) in [4.78, 5) is 65.5. The van der Waals surface area contributed by atoms with Gasteiger partial charge in [-0.25, -0.2) is 4.90 Å². The van der Waals surface area contributed by atoms with Crippen LogP contribution in [0.1, 0.15) is 93.5 Å². The highest BCUT2D eigenvalue weighted by Gasteiger charge is 2.37. The topological polar surface area (TPSA) is 129 Å². The normalized spacial score (nSPS) is 12.8. The predicted molar refractivity (Wildman–Crippen MR) is 271 cm³/mol. The summed E-state index contributed by atoms with van der Waals surface area (Å²) >= 11 is 0. The first kappa shape index (κ1) is 47.0. The van der Waals surface area contributed by atoms with Crippen LogP contribution < -0.4 is 23.8 Å². The molecule has 8 aromatic rings. The van der Waals surface area contributed by atoms with E-state index in [-0.39, 0.29) is 34.8 Å². The van der Waals surface area contributed by atoms with Crippen molar-refractivity contribution >= 4 is 35.1 Å². The molecule has 0 aliphatic carbocycles. The number of amides is 4. The van der Waals surface area contributed by atoms with Crippen molar-refractivity contribution in [1.29, 1.82) is 0 Å². The van der Waals surface area contributed by atoms with Gasteiger partial charge in [-0.3, -0.25) is 28.9 Å². The van der Waals surface area contributed by atoms with E-state index in [9.17, 15) is 24.0 Å². The Hall–Kier alpha value is -9.09. The van der Waals surface area contributed by atoms with E-state index < -0.39 is 0 Å². The minimum Gasteiger partial charge on any atom is -0.497 e.